The van der Waals surface area contributed by atoms with Crippen molar-refractivity contribution < 1.29 is 0 Å². The standard InChI is InChI=1S/C25H27IN2OS/c1-17-21(16-26)15-22-11-12-23(27-30-2)24(28(22)25(17)29)14-18-7-6-10-20(13-18)19-8-4-3-5-9-19/h3-10,13,15,23-24,27H,11-12,14,16H2,1-2H3. The first-order valence-electron chi connectivity index (χ1n) is 10.3. The lowest BCUT2D eigenvalue weighted by atomic mass is 9.89. The Morgan fingerprint density at radius 2 is 1.87 bits per heavy atom. The van der Waals surface area contributed by atoms with E-state index >= 15 is 0 Å². The number of hydrogen-bond donors (Lipinski definition) is 1. The van der Waals surface area contributed by atoms with Crippen molar-refractivity contribution in [1.29, 1.82) is 0 Å². The maximum absolute atomic E-state index is 13.4. The van der Waals surface area contributed by atoms with Crippen LogP contribution < -0.4 is 10.3 Å². The Morgan fingerprint density at radius 1 is 1.10 bits per heavy atom. The minimum atomic E-state index is 0.113. The lowest BCUT2D eigenvalue weighted by molar-refractivity contribution is 0.320. The van der Waals surface area contributed by atoms with Gasteiger partial charge in [-0.05, 0) is 60.8 Å². The molecule has 5 heteroatoms. The number of pyridine rings is 1. The number of nitrogens with one attached hydrogen (secondary N) is 1. The van der Waals surface area contributed by atoms with Gasteiger partial charge in [0.25, 0.3) is 5.56 Å². The van der Waals surface area contributed by atoms with E-state index in [1.165, 1.54) is 27.9 Å². The first-order valence-corrected chi connectivity index (χ1v) is 13.1. The normalized spacial score (nSPS) is 18.2. The van der Waals surface area contributed by atoms with Gasteiger partial charge in [-0.25, -0.2) is 0 Å². The number of aryl methyl sites for hydroxylation is 1. The number of alkyl halides is 1. The molecule has 2 unspecified atom stereocenters. The van der Waals surface area contributed by atoms with E-state index in [0.717, 1.165) is 29.3 Å². The van der Waals surface area contributed by atoms with E-state index < -0.39 is 0 Å². The van der Waals surface area contributed by atoms with Crippen LogP contribution in [0.15, 0.2) is 65.5 Å². The maximum Gasteiger partial charge on any atom is 0.254 e. The molecular weight excluding hydrogens is 503 g/mol. The van der Waals surface area contributed by atoms with Crippen molar-refractivity contribution in [1.82, 2.24) is 9.29 Å². The number of halogens is 1. The molecule has 2 heterocycles. The molecule has 1 aliphatic rings. The highest BCUT2D eigenvalue weighted by Gasteiger charge is 2.31. The molecule has 0 fully saturated rings. The van der Waals surface area contributed by atoms with Gasteiger partial charge in [-0.1, -0.05) is 89.1 Å². The number of benzene rings is 2. The summed E-state index contributed by atoms with van der Waals surface area (Å²) in [4.78, 5) is 13.4. The zero-order valence-electron chi connectivity index (χ0n) is 17.4. The Morgan fingerprint density at radius 3 is 2.60 bits per heavy atom. The van der Waals surface area contributed by atoms with Gasteiger partial charge in [-0.3, -0.25) is 9.52 Å². The molecule has 0 radical (unpaired) electrons. The van der Waals surface area contributed by atoms with E-state index in [0.29, 0.717) is 0 Å². The van der Waals surface area contributed by atoms with Crippen LogP contribution >= 0.6 is 34.5 Å². The number of aromatic nitrogens is 1. The summed E-state index contributed by atoms with van der Waals surface area (Å²) in [5, 5.41) is 0. The summed E-state index contributed by atoms with van der Waals surface area (Å²) in [6, 6.07) is 21.9. The van der Waals surface area contributed by atoms with Crippen LogP contribution in [0.3, 0.4) is 0 Å². The third-order valence-electron chi connectivity index (χ3n) is 6.07. The Balaban J connectivity index is 1.74. The van der Waals surface area contributed by atoms with E-state index in [1.807, 2.05) is 13.0 Å². The summed E-state index contributed by atoms with van der Waals surface area (Å²) >= 11 is 4.01. The monoisotopic (exact) mass is 530 g/mol. The number of hydrogen-bond acceptors (Lipinski definition) is 3. The molecular formula is C25H27IN2OS. The summed E-state index contributed by atoms with van der Waals surface area (Å²) in [5.41, 5.74) is 7.14. The van der Waals surface area contributed by atoms with Crippen LogP contribution in [0.2, 0.25) is 0 Å². The number of nitrogens with zero attached hydrogens (tertiary/aromatic N) is 1. The molecule has 1 N–H and O–H groups in total. The van der Waals surface area contributed by atoms with E-state index in [9.17, 15) is 4.79 Å². The molecule has 1 aromatic heterocycles. The summed E-state index contributed by atoms with van der Waals surface area (Å²) in [5.74, 6) is 0. The fourth-order valence-electron chi connectivity index (χ4n) is 4.47. The van der Waals surface area contributed by atoms with Crippen LogP contribution in [0.5, 0.6) is 0 Å². The van der Waals surface area contributed by atoms with Crippen molar-refractivity contribution in [3.63, 3.8) is 0 Å². The van der Waals surface area contributed by atoms with E-state index in [4.69, 9.17) is 0 Å². The zero-order valence-corrected chi connectivity index (χ0v) is 20.4. The van der Waals surface area contributed by atoms with Gasteiger partial charge in [0.1, 0.15) is 0 Å². The zero-order chi connectivity index (χ0) is 21.1. The average molecular weight is 530 g/mol. The highest BCUT2D eigenvalue weighted by atomic mass is 127. The Kier molecular flexibility index (Phi) is 7.01. The molecule has 3 aromatic rings. The van der Waals surface area contributed by atoms with E-state index in [1.54, 1.807) is 11.9 Å². The van der Waals surface area contributed by atoms with E-state index in [-0.39, 0.29) is 17.6 Å². The van der Waals surface area contributed by atoms with Crippen LogP contribution in [0.1, 0.15) is 34.8 Å². The lowest BCUT2D eigenvalue weighted by Gasteiger charge is -2.36. The molecule has 0 aliphatic carbocycles. The SMILES string of the molecule is CSNC1CCc2cc(CI)c(C)c(=O)n2C1Cc1cccc(-c2ccccc2)c1. The summed E-state index contributed by atoms with van der Waals surface area (Å²) in [6.45, 7) is 1.97. The highest BCUT2D eigenvalue weighted by molar-refractivity contribution is 14.1. The summed E-state index contributed by atoms with van der Waals surface area (Å²) in [7, 11) is 0. The summed E-state index contributed by atoms with van der Waals surface area (Å²) in [6.07, 6.45) is 4.90. The van der Waals surface area contributed by atoms with Gasteiger partial charge >= 0.3 is 0 Å². The molecule has 156 valence electrons. The lowest BCUT2D eigenvalue weighted by Crippen LogP contribution is -2.45. The fraction of sp³-hybridized carbons (Fsp3) is 0.320. The molecule has 3 nitrogen and oxygen atoms in total. The number of rotatable bonds is 6. The van der Waals surface area contributed by atoms with Crippen molar-refractivity contribution in [2.24, 2.45) is 0 Å². The van der Waals surface area contributed by atoms with Crippen LogP contribution in [0, 0.1) is 6.92 Å². The molecule has 1 aliphatic heterocycles. The molecule has 2 atom stereocenters. The second kappa shape index (κ2) is 9.71. The quantitative estimate of drug-likeness (QED) is 0.251. The second-order valence-electron chi connectivity index (χ2n) is 7.90. The topological polar surface area (TPSA) is 34.0 Å². The Bertz CT molecular complexity index is 1080. The molecule has 0 amide bonds. The Labute approximate surface area is 196 Å². The molecule has 0 saturated carbocycles. The molecule has 0 saturated heterocycles. The van der Waals surface area contributed by atoms with Gasteiger partial charge in [-0.15, -0.1) is 0 Å². The van der Waals surface area contributed by atoms with Crippen molar-refractivity contribution in [2.45, 2.75) is 42.7 Å². The third kappa shape index (κ3) is 4.39. The van der Waals surface area contributed by atoms with Crippen molar-refractivity contribution in [2.75, 3.05) is 6.26 Å². The third-order valence-corrected chi connectivity index (χ3v) is 7.43. The molecule has 0 spiro atoms. The first-order chi connectivity index (χ1) is 14.6. The largest absolute Gasteiger partial charge is 0.307 e. The molecule has 0 bridgehead atoms. The first kappa shape index (κ1) is 21.7. The van der Waals surface area contributed by atoms with Crippen molar-refractivity contribution in [3.05, 3.63) is 93.4 Å². The number of fused-ring (bicyclic) bond motifs is 1. The highest BCUT2D eigenvalue weighted by Crippen LogP contribution is 2.30. The van der Waals surface area contributed by atoms with Gasteiger partial charge in [-0.2, -0.15) is 0 Å². The predicted octanol–water partition coefficient (Wildman–Crippen LogP) is 5.72. The van der Waals surface area contributed by atoms with Crippen LogP contribution in [-0.2, 0) is 17.3 Å². The van der Waals surface area contributed by atoms with Crippen molar-refractivity contribution in [3.8, 4) is 11.1 Å². The van der Waals surface area contributed by atoms with Crippen LogP contribution in [-0.4, -0.2) is 16.9 Å². The minimum Gasteiger partial charge on any atom is -0.307 e. The predicted molar refractivity (Wildman–Crippen MR) is 137 cm³/mol. The second-order valence-corrected chi connectivity index (χ2v) is 9.31. The average Bonchev–Trinajstić information content (AvgIpc) is 2.78. The van der Waals surface area contributed by atoms with Crippen molar-refractivity contribution >= 4 is 34.5 Å². The smallest absolute Gasteiger partial charge is 0.254 e. The fourth-order valence-corrected chi connectivity index (χ4v) is 5.84. The van der Waals surface area contributed by atoms with Gasteiger partial charge in [0.05, 0.1) is 6.04 Å². The van der Waals surface area contributed by atoms with Gasteiger partial charge in [0, 0.05) is 21.7 Å². The molecule has 2 aromatic carbocycles. The minimum absolute atomic E-state index is 0.113. The van der Waals surface area contributed by atoms with Gasteiger partial charge in [0.15, 0.2) is 0 Å². The molecule has 4 rings (SSSR count). The van der Waals surface area contributed by atoms with E-state index in [2.05, 4.69) is 92.7 Å². The van der Waals surface area contributed by atoms with Gasteiger partial charge < -0.3 is 4.57 Å². The van der Waals surface area contributed by atoms with Crippen LogP contribution in [0.4, 0.5) is 0 Å². The maximum atomic E-state index is 13.4. The summed E-state index contributed by atoms with van der Waals surface area (Å²) < 4.78 is 6.53. The van der Waals surface area contributed by atoms with Gasteiger partial charge in [0.2, 0.25) is 0 Å². The molecule has 30 heavy (non-hydrogen) atoms. The van der Waals surface area contributed by atoms with Crippen LogP contribution in [0.25, 0.3) is 11.1 Å². The Hall–Kier alpha value is -1.57.